The number of halogens is 1. The van der Waals surface area contributed by atoms with E-state index in [0.29, 0.717) is 6.04 Å². The Morgan fingerprint density at radius 1 is 1.20 bits per heavy atom. The molecule has 3 N–H and O–H groups in total. The summed E-state index contributed by atoms with van der Waals surface area (Å²) in [5.74, 6) is 8.64. The van der Waals surface area contributed by atoms with Gasteiger partial charge in [0.05, 0.1) is 3.79 Å². The Bertz CT molecular complexity index is 434. The van der Waals surface area contributed by atoms with Gasteiger partial charge >= 0.3 is 0 Å². The van der Waals surface area contributed by atoms with Crippen LogP contribution in [0.25, 0.3) is 0 Å². The minimum absolute atomic E-state index is 0.448. The molecule has 0 amide bonds. The SMILES string of the molecule is NNC(Cc1ccc(Br)s1)C1CCC2CCCCC2C1. The van der Waals surface area contributed by atoms with Crippen molar-refractivity contribution in [1.82, 2.24) is 5.43 Å². The molecule has 0 bridgehead atoms. The van der Waals surface area contributed by atoms with E-state index in [1.165, 1.54) is 53.6 Å². The number of hydrogen-bond donors (Lipinski definition) is 2. The van der Waals surface area contributed by atoms with Crippen molar-refractivity contribution in [3.05, 3.63) is 20.8 Å². The van der Waals surface area contributed by atoms with Crippen LogP contribution in [-0.2, 0) is 6.42 Å². The standard InChI is InChI=1S/C16H25BrN2S/c17-16-8-7-14(20-16)10-15(19-18)13-6-5-11-3-1-2-4-12(11)9-13/h7-8,11-13,15,19H,1-6,9-10,18H2. The number of nitrogens with one attached hydrogen (secondary N) is 1. The fourth-order valence-corrected chi connectivity index (χ4v) is 5.86. The fourth-order valence-electron chi connectivity index (χ4n) is 4.31. The molecule has 0 radical (unpaired) electrons. The summed E-state index contributed by atoms with van der Waals surface area (Å²) in [6.07, 6.45) is 11.1. The molecule has 1 heterocycles. The molecule has 0 aliphatic heterocycles. The van der Waals surface area contributed by atoms with Gasteiger partial charge < -0.3 is 0 Å². The smallest absolute Gasteiger partial charge is 0.0701 e. The van der Waals surface area contributed by atoms with Gasteiger partial charge in [-0.1, -0.05) is 25.7 Å². The zero-order valence-electron chi connectivity index (χ0n) is 12.0. The van der Waals surface area contributed by atoms with E-state index in [4.69, 9.17) is 5.84 Å². The predicted octanol–water partition coefficient (Wildman–Crippen LogP) is 4.49. The minimum atomic E-state index is 0.448. The van der Waals surface area contributed by atoms with Gasteiger partial charge in [-0.3, -0.25) is 11.3 Å². The van der Waals surface area contributed by atoms with Gasteiger partial charge in [0.1, 0.15) is 0 Å². The van der Waals surface area contributed by atoms with Crippen LogP contribution < -0.4 is 11.3 Å². The van der Waals surface area contributed by atoms with Crippen LogP contribution in [0.1, 0.15) is 49.8 Å². The lowest BCUT2D eigenvalue weighted by molar-refractivity contribution is 0.109. The van der Waals surface area contributed by atoms with E-state index in [1.54, 1.807) is 0 Å². The van der Waals surface area contributed by atoms with Gasteiger partial charge in [-0.05, 0) is 71.5 Å². The second-order valence-electron chi connectivity index (χ2n) is 6.56. The maximum atomic E-state index is 5.87. The molecule has 2 aliphatic rings. The molecule has 4 atom stereocenters. The zero-order chi connectivity index (χ0) is 13.9. The average Bonchev–Trinajstić information content (AvgIpc) is 2.89. The topological polar surface area (TPSA) is 38.0 Å². The maximum Gasteiger partial charge on any atom is 0.0701 e. The number of hydrazine groups is 1. The molecule has 4 unspecified atom stereocenters. The summed E-state index contributed by atoms with van der Waals surface area (Å²) in [7, 11) is 0. The molecule has 0 aromatic carbocycles. The molecular weight excluding hydrogens is 332 g/mol. The van der Waals surface area contributed by atoms with Crippen molar-refractivity contribution in [3.63, 3.8) is 0 Å². The Hall–Kier alpha value is 0.1000. The lowest BCUT2D eigenvalue weighted by atomic mass is 9.66. The van der Waals surface area contributed by atoms with Crippen LogP contribution >= 0.6 is 27.3 Å². The van der Waals surface area contributed by atoms with Crippen molar-refractivity contribution in [2.45, 2.75) is 57.4 Å². The first-order valence-corrected chi connectivity index (χ1v) is 9.57. The quantitative estimate of drug-likeness (QED) is 0.615. The van der Waals surface area contributed by atoms with Crippen molar-refractivity contribution < 1.29 is 0 Å². The highest BCUT2D eigenvalue weighted by atomic mass is 79.9. The fraction of sp³-hybridized carbons (Fsp3) is 0.750. The molecule has 2 nitrogen and oxygen atoms in total. The van der Waals surface area contributed by atoms with Gasteiger partial charge in [0, 0.05) is 10.9 Å². The Morgan fingerprint density at radius 3 is 2.70 bits per heavy atom. The normalized spacial score (nSPS) is 31.8. The van der Waals surface area contributed by atoms with E-state index in [-0.39, 0.29) is 0 Å². The Labute approximate surface area is 134 Å². The van der Waals surface area contributed by atoms with Gasteiger partial charge in [0.15, 0.2) is 0 Å². The van der Waals surface area contributed by atoms with Crippen LogP contribution in [0.3, 0.4) is 0 Å². The molecule has 3 rings (SSSR count). The molecular formula is C16H25BrN2S. The number of nitrogens with two attached hydrogens (primary N) is 1. The molecule has 4 heteroatoms. The van der Waals surface area contributed by atoms with Crippen LogP contribution in [0.15, 0.2) is 15.9 Å². The summed E-state index contributed by atoms with van der Waals surface area (Å²) in [4.78, 5) is 1.44. The number of hydrogen-bond acceptors (Lipinski definition) is 3. The highest BCUT2D eigenvalue weighted by molar-refractivity contribution is 9.11. The molecule has 0 spiro atoms. The Balaban J connectivity index is 1.61. The highest BCUT2D eigenvalue weighted by Crippen LogP contribution is 2.44. The van der Waals surface area contributed by atoms with E-state index < -0.39 is 0 Å². The van der Waals surface area contributed by atoms with Crippen molar-refractivity contribution in [1.29, 1.82) is 0 Å². The summed E-state index contributed by atoms with van der Waals surface area (Å²) >= 11 is 5.39. The summed E-state index contributed by atoms with van der Waals surface area (Å²) in [6, 6.07) is 4.82. The molecule has 112 valence electrons. The second-order valence-corrected chi connectivity index (χ2v) is 9.11. The van der Waals surface area contributed by atoms with Gasteiger partial charge in [0.25, 0.3) is 0 Å². The first-order valence-electron chi connectivity index (χ1n) is 7.96. The summed E-state index contributed by atoms with van der Waals surface area (Å²) < 4.78 is 1.22. The van der Waals surface area contributed by atoms with Gasteiger partial charge in [-0.15, -0.1) is 11.3 Å². The van der Waals surface area contributed by atoms with E-state index in [2.05, 4.69) is 33.5 Å². The van der Waals surface area contributed by atoms with E-state index in [9.17, 15) is 0 Å². The first-order chi connectivity index (χ1) is 9.76. The summed E-state index contributed by atoms with van der Waals surface area (Å²) in [5.41, 5.74) is 3.12. The van der Waals surface area contributed by atoms with Gasteiger partial charge in [-0.25, -0.2) is 0 Å². The Kier molecular flexibility index (Phi) is 5.18. The van der Waals surface area contributed by atoms with Crippen LogP contribution in [0.2, 0.25) is 0 Å². The van der Waals surface area contributed by atoms with Gasteiger partial charge in [0.2, 0.25) is 0 Å². The monoisotopic (exact) mass is 356 g/mol. The Morgan fingerprint density at radius 2 is 2.00 bits per heavy atom. The first kappa shape index (κ1) is 15.0. The minimum Gasteiger partial charge on any atom is -0.271 e. The number of thiophene rings is 1. The van der Waals surface area contributed by atoms with Crippen LogP contribution in [0.4, 0.5) is 0 Å². The van der Waals surface area contributed by atoms with Crippen LogP contribution in [0, 0.1) is 17.8 Å². The van der Waals surface area contributed by atoms with Crippen molar-refractivity contribution in [2.24, 2.45) is 23.6 Å². The third kappa shape index (κ3) is 3.46. The highest BCUT2D eigenvalue weighted by Gasteiger charge is 2.35. The van der Waals surface area contributed by atoms with Crippen molar-refractivity contribution in [2.75, 3.05) is 0 Å². The van der Waals surface area contributed by atoms with E-state index in [1.807, 2.05) is 11.3 Å². The third-order valence-electron chi connectivity index (χ3n) is 5.41. The second kappa shape index (κ2) is 6.91. The zero-order valence-corrected chi connectivity index (χ0v) is 14.4. The summed E-state index contributed by atoms with van der Waals surface area (Å²) in [6.45, 7) is 0. The lowest BCUT2D eigenvalue weighted by Crippen LogP contribution is -2.45. The molecule has 1 aromatic heterocycles. The molecule has 2 aliphatic carbocycles. The average molecular weight is 357 g/mol. The van der Waals surface area contributed by atoms with Crippen molar-refractivity contribution in [3.8, 4) is 0 Å². The molecule has 20 heavy (non-hydrogen) atoms. The molecule has 2 fully saturated rings. The number of rotatable bonds is 4. The predicted molar refractivity (Wildman–Crippen MR) is 89.6 cm³/mol. The van der Waals surface area contributed by atoms with E-state index in [0.717, 1.165) is 24.2 Å². The summed E-state index contributed by atoms with van der Waals surface area (Å²) in [5, 5.41) is 0. The number of fused-ring (bicyclic) bond motifs is 1. The maximum absolute atomic E-state index is 5.87. The van der Waals surface area contributed by atoms with Crippen LogP contribution in [-0.4, -0.2) is 6.04 Å². The van der Waals surface area contributed by atoms with Gasteiger partial charge in [-0.2, -0.15) is 0 Å². The van der Waals surface area contributed by atoms with Crippen LogP contribution in [0.5, 0.6) is 0 Å². The van der Waals surface area contributed by atoms with Crippen molar-refractivity contribution >= 4 is 27.3 Å². The lowest BCUT2D eigenvalue weighted by Gasteiger charge is -2.41. The molecule has 2 saturated carbocycles. The largest absolute Gasteiger partial charge is 0.271 e. The molecule has 1 aromatic rings. The third-order valence-corrected chi connectivity index (χ3v) is 7.06. The molecule has 0 saturated heterocycles. The van der Waals surface area contributed by atoms with E-state index >= 15 is 0 Å².